The molecule has 3 nitrogen and oxygen atoms in total. The number of hydrogen-bond donors (Lipinski definition) is 1. The molecule has 1 aromatic carbocycles. The number of thiazole rings is 1. The summed E-state index contributed by atoms with van der Waals surface area (Å²) in [5, 5.41) is 5.29. The van der Waals surface area contributed by atoms with Crippen molar-refractivity contribution in [1.82, 2.24) is 10.3 Å². The Morgan fingerprint density at radius 1 is 1.38 bits per heavy atom. The van der Waals surface area contributed by atoms with Crippen LogP contribution in [-0.2, 0) is 13.0 Å². The van der Waals surface area contributed by atoms with Crippen molar-refractivity contribution in [1.29, 1.82) is 0 Å². The quantitative estimate of drug-likeness (QED) is 0.921. The SMILES string of the molecule is CNC1CCCc2nc(N(C)Cc3ccc(Cl)cc3)sc21. The van der Waals surface area contributed by atoms with E-state index in [4.69, 9.17) is 16.6 Å². The Morgan fingerprint density at radius 2 is 2.14 bits per heavy atom. The zero-order valence-electron chi connectivity index (χ0n) is 12.4. The summed E-state index contributed by atoms with van der Waals surface area (Å²) in [6.07, 6.45) is 3.55. The van der Waals surface area contributed by atoms with Crippen LogP contribution in [0.25, 0.3) is 0 Å². The van der Waals surface area contributed by atoms with Crippen LogP contribution in [0.3, 0.4) is 0 Å². The number of benzene rings is 1. The first-order chi connectivity index (χ1) is 10.2. The van der Waals surface area contributed by atoms with Gasteiger partial charge in [-0.3, -0.25) is 0 Å². The largest absolute Gasteiger partial charge is 0.347 e. The summed E-state index contributed by atoms with van der Waals surface area (Å²) in [7, 11) is 4.14. The van der Waals surface area contributed by atoms with Gasteiger partial charge in [-0.25, -0.2) is 4.98 Å². The van der Waals surface area contributed by atoms with Crippen LogP contribution in [0.15, 0.2) is 24.3 Å². The summed E-state index contributed by atoms with van der Waals surface area (Å²) >= 11 is 7.76. The second-order valence-electron chi connectivity index (χ2n) is 5.52. The summed E-state index contributed by atoms with van der Waals surface area (Å²) < 4.78 is 0. The Hall–Kier alpha value is -1.10. The molecule has 5 heteroatoms. The van der Waals surface area contributed by atoms with E-state index in [0.717, 1.165) is 23.1 Å². The van der Waals surface area contributed by atoms with Gasteiger partial charge in [-0.15, -0.1) is 0 Å². The smallest absolute Gasteiger partial charge is 0.185 e. The summed E-state index contributed by atoms with van der Waals surface area (Å²) in [5.41, 5.74) is 2.53. The lowest BCUT2D eigenvalue weighted by atomic mass is 9.98. The fourth-order valence-electron chi connectivity index (χ4n) is 2.78. The van der Waals surface area contributed by atoms with E-state index in [2.05, 4.69) is 29.4 Å². The lowest BCUT2D eigenvalue weighted by molar-refractivity contribution is 0.501. The Bertz CT molecular complexity index is 608. The van der Waals surface area contributed by atoms with Gasteiger partial charge in [-0.05, 0) is 44.0 Å². The summed E-state index contributed by atoms with van der Waals surface area (Å²) in [5.74, 6) is 0. The van der Waals surface area contributed by atoms with Gasteiger partial charge in [0.1, 0.15) is 0 Å². The van der Waals surface area contributed by atoms with Gasteiger partial charge in [0.2, 0.25) is 0 Å². The molecule has 0 fully saturated rings. The number of aryl methyl sites for hydroxylation is 1. The average Bonchev–Trinajstić information content (AvgIpc) is 2.93. The number of halogens is 1. The lowest BCUT2D eigenvalue weighted by Crippen LogP contribution is -2.19. The molecule has 1 heterocycles. The highest BCUT2D eigenvalue weighted by Crippen LogP contribution is 2.37. The van der Waals surface area contributed by atoms with Crippen molar-refractivity contribution in [2.24, 2.45) is 0 Å². The van der Waals surface area contributed by atoms with Crippen LogP contribution >= 0.6 is 22.9 Å². The fraction of sp³-hybridized carbons (Fsp3) is 0.438. The molecular formula is C16H20ClN3S. The highest BCUT2D eigenvalue weighted by Gasteiger charge is 2.24. The maximum absolute atomic E-state index is 5.94. The standard InChI is InChI=1S/C16H20ClN3S/c1-18-13-4-3-5-14-15(13)21-16(19-14)20(2)10-11-6-8-12(17)9-7-11/h6-9,13,18H,3-5,10H2,1-2H3. The topological polar surface area (TPSA) is 28.2 Å². The fourth-order valence-corrected chi connectivity index (χ4v) is 4.12. The molecule has 2 aromatic rings. The molecule has 0 bridgehead atoms. The van der Waals surface area contributed by atoms with Gasteiger partial charge in [0.05, 0.1) is 5.69 Å². The molecule has 1 unspecified atom stereocenters. The van der Waals surface area contributed by atoms with E-state index in [1.54, 1.807) is 0 Å². The van der Waals surface area contributed by atoms with Crippen LogP contribution in [0.4, 0.5) is 5.13 Å². The number of rotatable bonds is 4. The summed E-state index contributed by atoms with van der Waals surface area (Å²) in [6, 6.07) is 8.50. The number of aromatic nitrogens is 1. The summed E-state index contributed by atoms with van der Waals surface area (Å²) in [6.45, 7) is 0.855. The molecule has 3 rings (SSSR count). The Balaban J connectivity index is 1.77. The van der Waals surface area contributed by atoms with Crippen LogP contribution in [0.2, 0.25) is 5.02 Å². The molecule has 1 aromatic heterocycles. The normalized spacial score (nSPS) is 17.6. The van der Waals surface area contributed by atoms with Gasteiger partial charge in [-0.2, -0.15) is 0 Å². The third-order valence-corrected chi connectivity index (χ3v) is 5.52. The minimum absolute atomic E-state index is 0.476. The molecule has 0 saturated heterocycles. The van der Waals surface area contributed by atoms with E-state index >= 15 is 0 Å². The van der Waals surface area contributed by atoms with E-state index in [0.29, 0.717) is 6.04 Å². The molecule has 1 aliphatic rings. The van der Waals surface area contributed by atoms with E-state index < -0.39 is 0 Å². The summed E-state index contributed by atoms with van der Waals surface area (Å²) in [4.78, 5) is 8.48. The monoisotopic (exact) mass is 321 g/mol. The van der Waals surface area contributed by atoms with Gasteiger partial charge >= 0.3 is 0 Å². The Labute approximate surface area is 135 Å². The first kappa shape index (κ1) is 14.8. The van der Waals surface area contributed by atoms with Gasteiger partial charge in [-0.1, -0.05) is 35.1 Å². The van der Waals surface area contributed by atoms with E-state index in [1.165, 1.54) is 29.0 Å². The third kappa shape index (κ3) is 3.23. The van der Waals surface area contributed by atoms with E-state index in [1.807, 2.05) is 30.5 Å². The van der Waals surface area contributed by atoms with Crippen molar-refractivity contribution in [2.75, 3.05) is 19.0 Å². The van der Waals surface area contributed by atoms with Crippen LogP contribution in [0.1, 0.15) is 35.0 Å². The van der Waals surface area contributed by atoms with Crippen molar-refractivity contribution in [3.05, 3.63) is 45.4 Å². The minimum Gasteiger partial charge on any atom is -0.347 e. The molecule has 0 saturated carbocycles. The molecule has 0 radical (unpaired) electrons. The van der Waals surface area contributed by atoms with Crippen molar-refractivity contribution in [2.45, 2.75) is 31.8 Å². The predicted molar refractivity (Wildman–Crippen MR) is 90.4 cm³/mol. The Morgan fingerprint density at radius 3 is 2.86 bits per heavy atom. The zero-order valence-corrected chi connectivity index (χ0v) is 14.0. The van der Waals surface area contributed by atoms with Crippen LogP contribution in [0, 0.1) is 0 Å². The molecule has 1 atom stereocenters. The van der Waals surface area contributed by atoms with Crippen molar-refractivity contribution in [3.63, 3.8) is 0 Å². The average molecular weight is 322 g/mol. The van der Waals surface area contributed by atoms with E-state index in [9.17, 15) is 0 Å². The van der Waals surface area contributed by atoms with Gasteiger partial charge in [0.15, 0.2) is 5.13 Å². The molecule has 0 amide bonds. The maximum Gasteiger partial charge on any atom is 0.185 e. The van der Waals surface area contributed by atoms with Gasteiger partial charge in [0, 0.05) is 29.5 Å². The molecule has 0 aliphatic heterocycles. The molecule has 1 N–H and O–H groups in total. The lowest BCUT2D eigenvalue weighted by Gasteiger charge is -2.19. The predicted octanol–water partition coefficient (Wildman–Crippen LogP) is 4.03. The Kier molecular flexibility index (Phi) is 4.48. The zero-order chi connectivity index (χ0) is 14.8. The van der Waals surface area contributed by atoms with Crippen molar-refractivity contribution >= 4 is 28.1 Å². The third-order valence-electron chi connectivity index (χ3n) is 3.95. The number of nitrogens with one attached hydrogen (secondary N) is 1. The first-order valence-corrected chi connectivity index (χ1v) is 8.49. The molecule has 1 aliphatic carbocycles. The molecule has 0 spiro atoms. The first-order valence-electron chi connectivity index (χ1n) is 7.30. The minimum atomic E-state index is 0.476. The number of hydrogen-bond acceptors (Lipinski definition) is 4. The van der Waals surface area contributed by atoms with Crippen molar-refractivity contribution in [3.8, 4) is 0 Å². The second kappa shape index (κ2) is 6.34. The second-order valence-corrected chi connectivity index (χ2v) is 6.97. The van der Waals surface area contributed by atoms with E-state index in [-0.39, 0.29) is 0 Å². The van der Waals surface area contributed by atoms with Crippen LogP contribution in [0.5, 0.6) is 0 Å². The molecule has 21 heavy (non-hydrogen) atoms. The molecular weight excluding hydrogens is 302 g/mol. The van der Waals surface area contributed by atoms with Gasteiger partial charge in [0.25, 0.3) is 0 Å². The van der Waals surface area contributed by atoms with Gasteiger partial charge < -0.3 is 10.2 Å². The number of anilines is 1. The molecule has 112 valence electrons. The maximum atomic E-state index is 5.94. The number of fused-ring (bicyclic) bond motifs is 1. The van der Waals surface area contributed by atoms with Crippen LogP contribution < -0.4 is 10.2 Å². The highest BCUT2D eigenvalue weighted by atomic mass is 35.5. The van der Waals surface area contributed by atoms with Crippen molar-refractivity contribution < 1.29 is 0 Å². The van der Waals surface area contributed by atoms with Crippen LogP contribution in [-0.4, -0.2) is 19.1 Å². The number of nitrogens with zero attached hydrogens (tertiary/aromatic N) is 2. The highest BCUT2D eigenvalue weighted by molar-refractivity contribution is 7.15.